The molecular weight excluding hydrogens is 302 g/mol. The molecule has 1 amide bonds. The molecule has 1 aromatic carbocycles. The smallest absolute Gasteiger partial charge is 0.271 e. The van der Waals surface area contributed by atoms with Gasteiger partial charge in [0.15, 0.2) is 11.5 Å². The molecular formula is C15H15N3O3S. The SMILES string of the molecule is C[C@@H]1Oc2ccccc2O[C@H]1C(=O)Nc1nnc(C2CC2)s1. The quantitative estimate of drug-likeness (QED) is 0.942. The van der Waals surface area contributed by atoms with Gasteiger partial charge in [-0.25, -0.2) is 0 Å². The monoisotopic (exact) mass is 317 g/mol. The minimum Gasteiger partial charge on any atom is -0.482 e. The van der Waals surface area contributed by atoms with Crippen LogP contribution in [0.15, 0.2) is 24.3 Å². The van der Waals surface area contributed by atoms with Crippen molar-refractivity contribution < 1.29 is 14.3 Å². The zero-order chi connectivity index (χ0) is 15.1. The van der Waals surface area contributed by atoms with Crippen molar-refractivity contribution in [1.82, 2.24) is 10.2 Å². The Morgan fingerprint density at radius 3 is 2.68 bits per heavy atom. The Balaban J connectivity index is 1.47. The van der Waals surface area contributed by atoms with Gasteiger partial charge in [0.05, 0.1) is 0 Å². The van der Waals surface area contributed by atoms with Crippen LogP contribution in [0.3, 0.4) is 0 Å². The number of ether oxygens (including phenoxy) is 2. The molecule has 2 heterocycles. The van der Waals surface area contributed by atoms with E-state index in [0.29, 0.717) is 22.5 Å². The summed E-state index contributed by atoms with van der Waals surface area (Å²) >= 11 is 1.43. The number of hydrogen-bond acceptors (Lipinski definition) is 6. The molecule has 2 aromatic rings. The summed E-state index contributed by atoms with van der Waals surface area (Å²) in [5.41, 5.74) is 0. The molecule has 0 spiro atoms. The van der Waals surface area contributed by atoms with Crippen molar-refractivity contribution >= 4 is 22.4 Å². The summed E-state index contributed by atoms with van der Waals surface area (Å²) in [6, 6.07) is 7.33. The van der Waals surface area contributed by atoms with Crippen molar-refractivity contribution in [3.8, 4) is 11.5 Å². The lowest BCUT2D eigenvalue weighted by Gasteiger charge is -2.30. The van der Waals surface area contributed by atoms with E-state index in [0.717, 1.165) is 17.8 Å². The highest BCUT2D eigenvalue weighted by molar-refractivity contribution is 7.15. The van der Waals surface area contributed by atoms with Crippen molar-refractivity contribution in [2.45, 2.75) is 37.9 Å². The molecule has 6 nitrogen and oxygen atoms in total. The number of carbonyl (C=O) groups excluding carboxylic acids is 1. The van der Waals surface area contributed by atoms with E-state index in [2.05, 4.69) is 15.5 Å². The predicted molar refractivity (Wildman–Crippen MR) is 81.5 cm³/mol. The average molecular weight is 317 g/mol. The van der Waals surface area contributed by atoms with Gasteiger partial charge in [0.25, 0.3) is 5.91 Å². The van der Waals surface area contributed by atoms with Crippen LogP contribution in [-0.2, 0) is 4.79 Å². The second kappa shape index (κ2) is 5.24. The highest BCUT2D eigenvalue weighted by Crippen LogP contribution is 2.42. The minimum absolute atomic E-state index is 0.263. The molecule has 0 saturated heterocycles. The molecule has 114 valence electrons. The lowest BCUT2D eigenvalue weighted by Crippen LogP contribution is -2.46. The number of aromatic nitrogens is 2. The van der Waals surface area contributed by atoms with Gasteiger partial charge in [-0.1, -0.05) is 23.5 Å². The summed E-state index contributed by atoms with van der Waals surface area (Å²) in [6.45, 7) is 1.82. The van der Waals surface area contributed by atoms with E-state index in [9.17, 15) is 4.79 Å². The molecule has 2 atom stereocenters. The summed E-state index contributed by atoms with van der Waals surface area (Å²) in [4.78, 5) is 12.4. The Morgan fingerprint density at radius 1 is 1.23 bits per heavy atom. The van der Waals surface area contributed by atoms with Gasteiger partial charge in [0.2, 0.25) is 11.2 Å². The number of nitrogens with one attached hydrogen (secondary N) is 1. The number of anilines is 1. The van der Waals surface area contributed by atoms with Crippen molar-refractivity contribution in [1.29, 1.82) is 0 Å². The van der Waals surface area contributed by atoms with Crippen molar-refractivity contribution in [2.24, 2.45) is 0 Å². The Morgan fingerprint density at radius 2 is 1.95 bits per heavy atom. The van der Waals surface area contributed by atoms with E-state index in [4.69, 9.17) is 9.47 Å². The van der Waals surface area contributed by atoms with Crippen LogP contribution in [0.5, 0.6) is 11.5 Å². The molecule has 1 fully saturated rings. The van der Waals surface area contributed by atoms with Gasteiger partial charge in [-0.2, -0.15) is 0 Å². The first kappa shape index (κ1) is 13.5. The van der Waals surface area contributed by atoms with Crippen LogP contribution >= 0.6 is 11.3 Å². The topological polar surface area (TPSA) is 73.3 Å². The summed E-state index contributed by atoms with van der Waals surface area (Å²) in [6.07, 6.45) is 1.25. The van der Waals surface area contributed by atoms with Gasteiger partial charge in [-0.15, -0.1) is 10.2 Å². The van der Waals surface area contributed by atoms with Crippen LogP contribution < -0.4 is 14.8 Å². The fourth-order valence-corrected chi connectivity index (χ4v) is 3.28. The van der Waals surface area contributed by atoms with Gasteiger partial charge >= 0.3 is 0 Å². The normalized spacial score (nSPS) is 23.1. The van der Waals surface area contributed by atoms with Gasteiger partial charge in [-0.05, 0) is 31.9 Å². The first-order valence-electron chi connectivity index (χ1n) is 7.27. The number of carbonyl (C=O) groups is 1. The van der Waals surface area contributed by atoms with Crippen molar-refractivity contribution in [2.75, 3.05) is 5.32 Å². The van der Waals surface area contributed by atoms with Gasteiger partial charge in [-0.3, -0.25) is 10.1 Å². The third-order valence-electron chi connectivity index (χ3n) is 3.70. The number of nitrogens with zero attached hydrogens (tertiary/aromatic N) is 2. The molecule has 1 aliphatic heterocycles. The van der Waals surface area contributed by atoms with E-state index < -0.39 is 6.10 Å². The second-order valence-electron chi connectivity index (χ2n) is 5.52. The number of para-hydroxylation sites is 2. The van der Waals surface area contributed by atoms with Gasteiger partial charge in [0.1, 0.15) is 11.1 Å². The van der Waals surface area contributed by atoms with E-state index in [1.807, 2.05) is 25.1 Å². The van der Waals surface area contributed by atoms with Gasteiger partial charge in [0, 0.05) is 5.92 Å². The molecule has 2 aliphatic rings. The zero-order valence-corrected chi connectivity index (χ0v) is 12.8. The Kier molecular flexibility index (Phi) is 3.22. The predicted octanol–water partition coefficient (Wildman–Crippen LogP) is 2.58. The molecule has 0 bridgehead atoms. The molecule has 7 heteroatoms. The molecule has 1 saturated carbocycles. The van der Waals surface area contributed by atoms with Crippen molar-refractivity contribution in [3.63, 3.8) is 0 Å². The second-order valence-corrected chi connectivity index (χ2v) is 6.53. The summed E-state index contributed by atoms with van der Waals surface area (Å²) in [5, 5.41) is 12.4. The maximum Gasteiger partial charge on any atom is 0.271 e. The molecule has 4 rings (SSSR count). The number of amides is 1. The fraction of sp³-hybridized carbons (Fsp3) is 0.400. The Bertz CT molecular complexity index is 714. The Labute approximate surface area is 131 Å². The first-order valence-corrected chi connectivity index (χ1v) is 8.09. The maximum atomic E-state index is 12.4. The third kappa shape index (κ3) is 2.52. The van der Waals surface area contributed by atoms with Crippen LogP contribution in [0.2, 0.25) is 0 Å². The van der Waals surface area contributed by atoms with E-state index in [1.165, 1.54) is 11.3 Å². The third-order valence-corrected chi connectivity index (χ3v) is 4.70. The van der Waals surface area contributed by atoms with Crippen LogP contribution in [0, 0.1) is 0 Å². The van der Waals surface area contributed by atoms with Crippen LogP contribution in [-0.4, -0.2) is 28.3 Å². The molecule has 22 heavy (non-hydrogen) atoms. The average Bonchev–Trinajstić information content (AvgIpc) is 3.27. The summed E-state index contributed by atoms with van der Waals surface area (Å²) < 4.78 is 11.5. The lowest BCUT2D eigenvalue weighted by molar-refractivity contribution is -0.128. The van der Waals surface area contributed by atoms with E-state index in [-0.39, 0.29) is 12.0 Å². The maximum absolute atomic E-state index is 12.4. The highest BCUT2D eigenvalue weighted by atomic mass is 32.1. The fourth-order valence-electron chi connectivity index (χ4n) is 2.36. The molecule has 0 unspecified atom stereocenters. The Hall–Kier alpha value is -2.15. The van der Waals surface area contributed by atoms with Crippen LogP contribution in [0.25, 0.3) is 0 Å². The first-order chi connectivity index (χ1) is 10.7. The van der Waals surface area contributed by atoms with Crippen LogP contribution in [0.4, 0.5) is 5.13 Å². The van der Waals surface area contributed by atoms with Crippen molar-refractivity contribution in [3.05, 3.63) is 29.3 Å². The standard InChI is InChI=1S/C15H15N3O3S/c1-8-12(21-11-5-3-2-4-10(11)20-8)13(19)16-15-18-17-14(22-15)9-6-7-9/h2-5,8-9,12H,6-7H2,1H3,(H,16,18,19)/t8-,12+/m0/s1. The summed E-state index contributed by atoms with van der Waals surface area (Å²) in [7, 11) is 0. The zero-order valence-electron chi connectivity index (χ0n) is 12.0. The van der Waals surface area contributed by atoms with E-state index in [1.54, 1.807) is 6.07 Å². The number of hydrogen-bond donors (Lipinski definition) is 1. The van der Waals surface area contributed by atoms with E-state index >= 15 is 0 Å². The number of rotatable bonds is 3. The number of fused-ring (bicyclic) bond motifs is 1. The highest BCUT2D eigenvalue weighted by Gasteiger charge is 2.35. The van der Waals surface area contributed by atoms with Gasteiger partial charge < -0.3 is 9.47 Å². The van der Waals surface area contributed by atoms with Crippen LogP contribution in [0.1, 0.15) is 30.7 Å². The lowest BCUT2D eigenvalue weighted by atomic mass is 10.1. The molecule has 1 aliphatic carbocycles. The number of benzene rings is 1. The molecule has 1 N–H and O–H groups in total. The minimum atomic E-state index is -0.705. The summed E-state index contributed by atoms with van der Waals surface area (Å²) in [5.74, 6) is 1.51. The molecule has 1 aromatic heterocycles. The molecule has 0 radical (unpaired) electrons. The largest absolute Gasteiger partial charge is 0.482 e.